The maximum Gasteiger partial charge on any atom is 0.153 e. The smallest absolute Gasteiger partial charge is 0.153 e. The lowest BCUT2D eigenvalue weighted by Crippen LogP contribution is -2.14. The largest absolute Gasteiger partial charge is 0.508 e. The molecule has 15 heavy (non-hydrogen) atoms. The van der Waals surface area contributed by atoms with Gasteiger partial charge in [0.05, 0.1) is 5.69 Å². The van der Waals surface area contributed by atoms with Crippen LogP contribution in [0.25, 0.3) is 11.3 Å². The Hall–Kier alpha value is -1.75. The predicted octanol–water partition coefficient (Wildman–Crippen LogP) is 1.43. The zero-order valence-electron chi connectivity index (χ0n) is 7.75. The Bertz CT molecular complexity index is 533. The maximum atomic E-state index is 9.13. The van der Waals surface area contributed by atoms with E-state index in [1.165, 1.54) is 4.09 Å². The monoisotopic (exact) mass is 219 g/mol. The van der Waals surface area contributed by atoms with Gasteiger partial charge in [-0.05, 0) is 49.2 Å². The Morgan fingerprint density at radius 3 is 2.40 bits per heavy atom. The summed E-state index contributed by atoms with van der Waals surface area (Å²) < 4.78 is 1.20. The lowest BCUT2D eigenvalue weighted by Gasteiger charge is -2.02. The second kappa shape index (κ2) is 3.78. The third-order valence-electron chi connectivity index (χ3n) is 1.98. The second-order valence-corrected chi connectivity index (χ2v) is 3.42. The molecule has 5 heteroatoms. The average molecular weight is 219 g/mol. The van der Waals surface area contributed by atoms with Crippen LogP contribution in [0.3, 0.4) is 0 Å². The lowest BCUT2D eigenvalue weighted by atomic mass is 10.1. The van der Waals surface area contributed by atoms with Crippen LogP contribution in [0.5, 0.6) is 5.75 Å². The summed E-state index contributed by atoms with van der Waals surface area (Å²) in [6.07, 6.45) is 0. The van der Waals surface area contributed by atoms with E-state index in [9.17, 15) is 0 Å². The van der Waals surface area contributed by atoms with Crippen molar-refractivity contribution in [1.82, 2.24) is 9.19 Å². The van der Waals surface area contributed by atoms with Crippen LogP contribution in [-0.2, 0) is 0 Å². The van der Waals surface area contributed by atoms with Crippen molar-refractivity contribution >= 4 is 12.8 Å². The molecule has 0 fully saturated rings. The standard InChI is InChI=1S/C10H9N3OS/c11-10-6-5-9(12-13(10)15)7-1-3-8(14)4-2-7/h1-6,11,14-15H. The van der Waals surface area contributed by atoms with Crippen LogP contribution in [0.4, 0.5) is 0 Å². The molecule has 0 aliphatic carbocycles. The van der Waals surface area contributed by atoms with E-state index in [1.807, 2.05) is 0 Å². The molecular weight excluding hydrogens is 210 g/mol. The first-order valence-electron chi connectivity index (χ1n) is 4.30. The molecule has 0 bridgehead atoms. The minimum absolute atomic E-state index is 0.217. The molecule has 2 N–H and O–H groups in total. The van der Waals surface area contributed by atoms with Crippen LogP contribution in [0.15, 0.2) is 36.4 Å². The summed E-state index contributed by atoms with van der Waals surface area (Å²) in [5.41, 5.74) is 1.80. The molecule has 2 rings (SSSR count). The molecule has 1 aromatic heterocycles. The predicted molar refractivity (Wildman–Crippen MR) is 59.6 cm³/mol. The van der Waals surface area contributed by atoms with Crippen molar-refractivity contribution in [3.63, 3.8) is 0 Å². The van der Waals surface area contributed by atoms with Crippen molar-refractivity contribution in [2.45, 2.75) is 0 Å². The van der Waals surface area contributed by atoms with E-state index < -0.39 is 0 Å². The van der Waals surface area contributed by atoms with Crippen molar-refractivity contribution < 1.29 is 5.11 Å². The summed E-state index contributed by atoms with van der Waals surface area (Å²) in [6.45, 7) is 0. The average Bonchev–Trinajstić information content (AvgIpc) is 2.23. The first-order chi connectivity index (χ1) is 7.16. The first kappa shape index (κ1) is 9.79. The summed E-state index contributed by atoms with van der Waals surface area (Å²) in [5.74, 6) is 0.217. The highest BCUT2D eigenvalue weighted by atomic mass is 32.1. The van der Waals surface area contributed by atoms with Gasteiger partial charge in [-0.25, -0.2) is 0 Å². The van der Waals surface area contributed by atoms with Crippen LogP contribution < -0.4 is 5.49 Å². The summed E-state index contributed by atoms with van der Waals surface area (Å²) in [7, 11) is 0. The summed E-state index contributed by atoms with van der Waals surface area (Å²) >= 11 is 4.01. The SMILES string of the molecule is N=c1ccc(-c2ccc(O)cc2)nn1S. The highest BCUT2D eigenvalue weighted by Crippen LogP contribution is 2.18. The fraction of sp³-hybridized carbons (Fsp3) is 0. The molecule has 0 saturated carbocycles. The first-order valence-corrected chi connectivity index (χ1v) is 4.70. The highest BCUT2D eigenvalue weighted by molar-refractivity contribution is 7.78. The third-order valence-corrected chi connectivity index (χ3v) is 2.28. The van der Waals surface area contributed by atoms with E-state index in [-0.39, 0.29) is 11.2 Å². The van der Waals surface area contributed by atoms with Gasteiger partial charge in [-0.2, -0.15) is 9.19 Å². The molecule has 2 aromatic rings. The molecule has 0 aliphatic rings. The molecule has 0 atom stereocenters. The summed E-state index contributed by atoms with van der Waals surface area (Å²) in [5, 5.41) is 20.6. The Balaban J connectivity index is 2.50. The van der Waals surface area contributed by atoms with Gasteiger partial charge in [0.15, 0.2) is 5.49 Å². The van der Waals surface area contributed by atoms with Crippen LogP contribution in [-0.4, -0.2) is 14.3 Å². The Labute approximate surface area is 91.9 Å². The van der Waals surface area contributed by atoms with Crippen molar-refractivity contribution in [3.8, 4) is 17.0 Å². The van der Waals surface area contributed by atoms with E-state index in [4.69, 9.17) is 10.5 Å². The quantitative estimate of drug-likeness (QED) is 0.635. The number of benzene rings is 1. The van der Waals surface area contributed by atoms with Crippen molar-refractivity contribution in [2.75, 3.05) is 0 Å². The van der Waals surface area contributed by atoms with Gasteiger partial charge in [0.1, 0.15) is 5.75 Å². The number of rotatable bonds is 1. The number of nitrogens with zero attached hydrogens (tertiary/aromatic N) is 2. The van der Waals surface area contributed by atoms with Gasteiger partial charge in [-0.3, -0.25) is 5.41 Å². The Morgan fingerprint density at radius 2 is 1.80 bits per heavy atom. The number of nitrogens with one attached hydrogen (secondary N) is 1. The lowest BCUT2D eigenvalue weighted by molar-refractivity contribution is 0.475. The molecule has 0 amide bonds. The number of thiol groups is 1. The topological polar surface area (TPSA) is 61.9 Å². The van der Waals surface area contributed by atoms with Gasteiger partial charge >= 0.3 is 0 Å². The fourth-order valence-corrected chi connectivity index (χ4v) is 1.36. The molecule has 0 spiro atoms. The van der Waals surface area contributed by atoms with E-state index in [1.54, 1.807) is 36.4 Å². The summed E-state index contributed by atoms with van der Waals surface area (Å²) in [4.78, 5) is 0. The van der Waals surface area contributed by atoms with E-state index >= 15 is 0 Å². The molecule has 0 radical (unpaired) electrons. The fourth-order valence-electron chi connectivity index (χ4n) is 1.20. The molecule has 0 saturated heterocycles. The van der Waals surface area contributed by atoms with Gasteiger partial charge in [-0.1, -0.05) is 0 Å². The Morgan fingerprint density at radius 1 is 1.13 bits per heavy atom. The van der Waals surface area contributed by atoms with Gasteiger partial charge in [0.25, 0.3) is 0 Å². The Kier molecular flexibility index (Phi) is 2.47. The molecule has 0 aliphatic heterocycles. The number of hydrogen-bond donors (Lipinski definition) is 3. The molecule has 76 valence electrons. The minimum atomic E-state index is 0.217. The van der Waals surface area contributed by atoms with E-state index in [0.717, 1.165) is 5.56 Å². The number of phenols is 1. The second-order valence-electron chi connectivity index (χ2n) is 3.04. The van der Waals surface area contributed by atoms with Crippen molar-refractivity contribution in [1.29, 1.82) is 5.41 Å². The van der Waals surface area contributed by atoms with Crippen molar-refractivity contribution in [3.05, 3.63) is 41.9 Å². The third kappa shape index (κ3) is 2.02. The van der Waals surface area contributed by atoms with Gasteiger partial charge in [-0.15, -0.1) is 0 Å². The van der Waals surface area contributed by atoms with Crippen molar-refractivity contribution in [2.24, 2.45) is 0 Å². The van der Waals surface area contributed by atoms with Gasteiger partial charge < -0.3 is 5.11 Å². The number of phenolic OH excluding ortho intramolecular Hbond substituents is 1. The number of hydrogen-bond acceptors (Lipinski definition) is 4. The molecule has 0 unspecified atom stereocenters. The zero-order valence-corrected chi connectivity index (χ0v) is 8.65. The minimum Gasteiger partial charge on any atom is -0.508 e. The molecule has 4 nitrogen and oxygen atoms in total. The van der Waals surface area contributed by atoms with Crippen LogP contribution in [0.2, 0.25) is 0 Å². The molecular formula is C10H9N3OS. The van der Waals surface area contributed by atoms with Crippen LogP contribution in [0, 0.1) is 5.41 Å². The van der Waals surface area contributed by atoms with E-state index in [0.29, 0.717) is 5.69 Å². The number of aromatic nitrogens is 2. The maximum absolute atomic E-state index is 9.13. The van der Waals surface area contributed by atoms with Crippen LogP contribution in [0.1, 0.15) is 0 Å². The zero-order chi connectivity index (χ0) is 10.8. The number of aromatic hydroxyl groups is 1. The van der Waals surface area contributed by atoms with Gasteiger partial charge in [0, 0.05) is 5.56 Å². The normalized spacial score (nSPS) is 10.2. The van der Waals surface area contributed by atoms with E-state index in [2.05, 4.69) is 17.9 Å². The molecule has 1 aromatic carbocycles. The summed E-state index contributed by atoms with van der Waals surface area (Å²) in [6, 6.07) is 10.1. The van der Waals surface area contributed by atoms with Gasteiger partial charge in [0.2, 0.25) is 0 Å². The highest BCUT2D eigenvalue weighted by Gasteiger charge is 2.00. The molecule has 1 heterocycles. The van der Waals surface area contributed by atoms with Crippen LogP contribution >= 0.6 is 12.8 Å².